The topological polar surface area (TPSA) is 34.1 Å². The molecule has 0 heterocycles. The highest BCUT2D eigenvalue weighted by molar-refractivity contribution is 6.18. The number of carbonyl (C=O) groups excluding carboxylic acids is 2. The van der Waals surface area contributed by atoms with Crippen molar-refractivity contribution in [2.45, 2.75) is 19.8 Å². The Kier molecular flexibility index (Phi) is 4.83. The largest absolute Gasteiger partial charge is 0.289 e. The summed E-state index contributed by atoms with van der Waals surface area (Å²) in [5.74, 6) is -0.336. The van der Waals surface area contributed by atoms with Gasteiger partial charge in [0.1, 0.15) is 0 Å². The molecule has 21 heavy (non-hydrogen) atoms. The van der Waals surface area contributed by atoms with Crippen LogP contribution in [0.25, 0.3) is 0 Å². The number of hydrogen-bond acceptors (Lipinski definition) is 2. The maximum atomic E-state index is 12.8. The van der Waals surface area contributed by atoms with Crippen LogP contribution in [0.15, 0.2) is 61.2 Å². The monoisotopic (exact) mass is 278 g/mol. The van der Waals surface area contributed by atoms with Crippen LogP contribution in [0, 0.1) is 0 Å². The zero-order valence-electron chi connectivity index (χ0n) is 12.1. The van der Waals surface area contributed by atoms with Gasteiger partial charge in [0, 0.05) is 16.7 Å². The van der Waals surface area contributed by atoms with Crippen molar-refractivity contribution in [1.82, 2.24) is 0 Å². The molecule has 0 N–H and O–H groups in total. The molecule has 2 heteroatoms. The fraction of sp³-hybridized carbons (Fsp3) is 0.158. The minimum Gasteiger partial charge on any atom is -0.289 e. The van der Waals surface area contributed by atoms with Crippen molar-refractivity contribution in [3.05, 3.63) is 83.4 Å². The van der Waals surface area contributed by atoms with E-state index in [0.717, 1.165) is 18.4 Å². The van der Waals surface area contributed by atoms with Gasteiger partial charge in [-0.25, -0.2) is 0 Å². The summed E-state index contributed by atoms with van der Waals surface area (Å²) in [5, 5.41) is 0. The van der Waals surface area contributed by atoms with Gasteiger partial charge in [0.2, 0.25) is 0 Å². The minimum atomic E-state index is -0.230. The van der Waals surface area contributed by atoms with Crippen LogP contribution < -0.4 is 0 Å². The molecule has 0 bridgehead atoms. The molecular weight excluding hydrogens is 260 g/mol. The number of allylic oxidation sites excluding steroid dienone is 1. The summed E-state index contributed by atoms with van der Waals surface area (Å²) in [4.78, 5) is 24.7. The first-order valence-electron chi connectivity index (χ1n) is 7.07. The van der Waals surface area contributed by atoms with Crippen LogP contribution in [0.4, 0.5) is 0 Å². The lowest BCUT2D eigenvalue weighted by Crippen LogP contribution is -2.10. The predicted molar refractivity (Wildman–Crippen MR) is 84.8 cm³/mol. The summed E-state index contributed by atoms with van der Waals surface area (Å²) in [7, 11) is 0. The predicted octanol–water partition coefficient (Wildman–Crippen LogP) is 4.24. The van der Waals surface area contributed by atoms with Gasteiger partial charge in [-0.15, -0.1) is 0 Å². The normalized spacial score (nSPS) is 10.1. The van der Waals surface area contributed by atoms with Gasteiger partial charge in [-0.2, -0.15) is 0 Å². The summed E-state index contributed by atoms with van der Waals surface area (Å²) in [6.45, 7) is 5.58. The number of benzene rings is 2. The van der Waals surface area contributed by atoms with Crippen molar-refractivity contribution in [2.24, 2.45) is 0 Å². The van der Waals surface area contributed by atoms with E-state index in [-0.39, 0.29) is 11.6 Å². The highest BCUT2D eigenvalue weighted by Gasteiger charge is 2.18. The summed E-state index contributed by atoms with van der Waals surface area (Å²) in [6.07, 6.45) is 3.06. The van der Waals surface area contributed by atoms with Gasteiger partial charge in [0.25, 0.3) is 0 Å². The average Bonchev–Trinajstić information content (AvgIpc) is 2.54. The Balaban J connectivity index is 2.51. The Labute approximate surface area is 125 Å². The van der Waals surface area contributed by atoms with E-state index in [1.165, 1.54) is 6.08 Å². The van der Waals surface area contributed by atoms with E-state index in [1.807, 2.05) is 24.3 Å². The van der Waals surface area contributed by atoms with Crippen molar-refractivity contribution in [3.8, 4) is 0 Å². The molecule has 0 amide bonds. The van der Waals surface area contributed by atoms with E-state index in [2.05, 4.69) is 13.5 Å². The van der Waals surface area contributed by atoms with Crippen LogP contribution in [0.3, 0.4) is 0 Å². The molecule has 2 aromatic rings. The minimum absolute atomic E-state index is 0.107. The lowest BCUT2D eigenvalue weighted by Gasteiger charge is -2.10. The standard InChI is InChI=1S/C19H18O2/c1-3-9-14-10-5-6-11-15(14)19(21)17-13-8-7-12-16(17)18(20)4-2/h4-8,10-13H,2-3,9H2,1H3. The summed E-state index contributed by atoms with van der Waals surface area (Å²) >= 11 is 0. The Morgan fingerprint density at radius 3 is 2.14 bits per heavy atom. The van der Waals surface area contributed by atoms with E-state index >= 15 is 0 Å². The Morgan fingerprint density at radius 2 is 1.52 bits per heavy atom. The number of ketones is 2. The Hall–Kier alpha value is -2.48. The molecule has 106 valence electrons. The third-order valence-electron chi connectivity index (χ3n) is 3.40. The molecule has 2 rings (SSSR count). The highest BCUT2D eigenvalue weighted by Crippen LogP contribution is 2.19. The fourth-order valence-electron chi connectivity index (χ4n) is 2.38. The Bertz CT molecular complexity index is 683. The van der Waals surface area contributed by atoms with E-state index < -0.39 is 0 Å². The van der Waals surface area contributed by atoms with Crippen LogP contribution in [-0.2, 0) is 6.42 Å². The molecule has 0 saturated heterocycles. The van der Waals surface area contributed by atoms with Gasteiger partial charge in [0.15, 0.2) is 11.6 Å². The molecule has 0 atom stereocenters. The smallest absolute Gasteiger partial charge is 0.194 e. The first kappa shape index (κ1) is 14.9. The molecule has 0 aromatic heterocycles. The third kappa shape index (κ3) is 3.16. The number of carbonyl (C=O) groups is 2. The quantitative estimate of drug-likeness (QED) is 0.585. The van der Waals surface area contributed by atoms with Crippen molar-refractivity contribution in [1.29, 1.82) is 0 Å². The zero-order chi connectivity index (χ0) is 15.2. The van der Waals surface area contributed by atoms with E-state index in [0.29, 0.717) is 16.7 Å². The highest BCUT2D eigenvalue weighted by atomic mass is 16.1. The van der Waals surface area contributed by atoms with Crippen LogP contribution in [0.1, 0.15) is 45.2 Å². The van der Waals surface area contributed by atoms with Gasteiger partial charge >= 0.3 is 0 Å². The summed E-state index contributed by atoms with van der Waals surface area (Å²) < 4.78 is 0. The number of aryl methyl sites for hydroxylation is 1. The molecule has 0 radical (unpaired) electrons. The zero-order valence-corrected chi connectivity index (χ0v) is 12.1. The van der Waals surface area contributed by atoms with E-state index in [9.17, 15) is 9.59 Å². The van der Waals surface area contributed by atoms with E-state index in [4.69, 9.17) is 0 Å². The molecule has 0 aliphatic heterocycles. The first-order chi connectivity index (χ1) is 10.2. The Morgan fingerprint density at radius 1 is 0.952 bits per heavy atom. The maximum absolute atomic E-state index is 12.8. The SMILES string of the molecule is C=CC(=O)c1ccccc1C(=O)c1ccccc1CCC. The van der Waals surface area contributed by atoms with Crippen LogP contribution >= 0.6 is 0 Å². The second kappa shape index (κ2) is 6.80. The molecule has 2 nitrogen and oxygen atoms in total. The van der Waals surface area contributed by atoms with Crippen LogP contribution in [0.5, 0.6) is 0 Å². The molecule has 2 aromatic carbocycles. The molecular formula is C19H18O2. The molecule has 0 unspecified atom stereocenters. The molecule has 0 saturated carbocycles. The molecule has 0 aliphatic carbocycles. The lowest BCUT2D eigenvalue weighted by atomic mass is 9.92. The van der Waals surface area contributed by atoms with Gasteiger partial charge in [0.05, 0.1) is 0 Å². The van der Waals surface area contributed by atoms with Crippen molar-refractivity contribution in [2.75, 3.05) is 0 Å². The van der Waals surface area contributed by atoms with Gasteiger partial charge in [-0.05, 0) is 18.1 Å². The third-order valence-corrected chi connectivity index (χ3v) is 3.40. The van der Waals surface area contributed by atoms with Gasteiger partial charge in [-0.1, -0.05) is 68.5 Å². The van der Waals surface area contributed by atoms with Gasteiger partial charge < -0.3 is 0 Å². The van der Waals surface area contributed by atoms with E-state index in [1.54, 1.807) is 24.3 Å². The van der Waals surface area contributed by atoms with Crippen molar-refractivity contribution in [3.63, 3.8) is 0 Å². The number of hydrogen-bond donors (Lipinski definition) is 0. The summed E-state index contributed by atoms with van der Waals surface area (Å²) in [6, 6.07) is 14.5. The lowest BCUT2D eigenvalue weighted by molar-refractivity contribution is 0.101. The fourth-order valence-corrected chi connectivity index (χ4v) is 2.38. The van der Waals surface area contributed by atoms with Crippen molar-refractivity contribution < 1.29 is 9.59 Å². The molecule has 0 spiro atoms. The van der Waals surface area contributed by atoms with Gasteiger partial charge in [-0.3, -0.25) is 9.59 Å². The second-order valence-electron chi connectivity index (χ2n) is 4.85. The van der Waals surface area contributed by atoms with Crippen LogP contribution in [0.2, 0.25) is 0 Å². The van der Waals surface area contributed by atoms with Crippen molar-refractivity contribution >= 4 is 11.6 Å². The molecule has 0 aliphatic rings. The second-order valence-corrected chi connectivity index (χ2v) is 4.85. The molecule has 0 fully saturated rings. The summed E-state index contributed by atoms with van der Waals surface area (Å²) in [5.41, 5.74) is 2.53. The average molecular weight is 278 g/mol. The van der Waals surface area contributed by atoms with Crippen LogP contribution in [-0.4, -0.2) is 11.6 Å². The first-order valence-corrected chi connectivity index (χ1v) is 7.07. The maximum Gasteiger partial charge on any atom is 0.194 e. The number of rotatable bonds is 6.